The van der Waals surface area contributed by atoms with Crippen LogP contribution in [0.3, 0.4) is 0 Å². The lowest BCUT2D eigenvalue weighted by Crippen LogP contribution is -2.03. The molecule has 3 heteroatoms. The summed E-state index contributed by atoms with van der Waals surface area (Å²) in [5.74, 6) is 0.106. The molecule has 0 unspecified atom stereocenters. The molecule has 2 aromatic rings. The maximum atomic E-state index is 11.7. The van der Waals surface area contributed by atoms with Crippen molar-refractivity contribution < 1.29 is 4.79 Å². The zero-order valence-corrected chi connectivity index (χ0v) is 7.60. The number of ketones is 1. The molecule has 0 aliphatic carbocycles. The fourth-order valence-electron chi connectivity index (χ4n) is 1.28. The summed E-state index contributed by atoms with van der Waals surface area (Å²) in [5.41, 5.74) is 1.58. The summed E-state index contributed by atoms with van der Waals surface area (Å²) >= 11 is 0. The second kappa shape index (κ2) is 3.87. The third kappa shape index (κ3) is 1.88. The molecule has 0 amide bonds. The standard InChI is InChI=1S/C11H10N2O/c14-11(8-10-6-7-12-13-10)9-4-2-1-3-5-9/h1-7H,8H2,(H,12,13). The molecule has 0 aliphatic heterocycles. The van der Waals surface area contributed by atoms with Crippen molar-refractivity contribution in [3.05, 3.63) is 53.9 Å². The van der Waals surface area contributed by atoms with Crippen molar-refractivity contribution in [3.63, 3.8) is 0 Å². The first kappa shape index (κ1) is 8.69. The van der Waals surface area contributed by atoms with E-state index in [1.165, 1.54) is 0 Å². The lowest BCUT2D eigenvalue weighted by Gasteiger charge is -1.97. The molecule has 1 aromatic carbocycles. The number of Topliss-reactive ketones (excluding diaryl/α,β-unsaturated/α-hetero) is 1. The molecule has 1 aromatic heterocycles. The van der Waals surface area contributed by atoms with Gasteiger partial charge in [-0.1, -0.05) is 30.3 Å². The molecule has 0 saturated carbocycles. The number of benzene rings is 1. The van der Waals surface area contributed by atoms with Crippen LogP contribution in [0.15, 0.2) is 42.6 Å². The molecule has 2 rings (SSSR count). The second-order valence-electron chi connectivity index (χ2n) is 3.05. The van der Waals surface area contributed by atoms with Gasteiger partial charge in [-0.05, 0) is 6.07 Å². The Labute approximate surface area is 81.8 Å². The first-order valence-corrected chi connectivity index (χ1v) is 4.43. The molecular weight excluding hydrogens is 176 g/mol. The Balaban J connectivity index is 2.11. The summed E-state index contributed by atoms with van der Waals surface area (Å²) in [4.78, 5) is 11.7. The number of carbonyl (C=O) groups is 1. The minimum Gasteiger partial charge on any atom is -0.294 e. The molecule has 0 radical (unpaired) electrons. The van der Waals surface area contributed by atoms with Gasteiger partial charge in [-0.25, -0.2) is 0 Å². The number of hydrogen-bond donors (Lipinski definition) is 1. The number of nitrogens with zero attached hydrogens (tertiary/aromatic N) is 1. The van der Waals surface area contributed by atoms with Crippen molar-refractivity contribution in [1.29, 1.82) is 0 Å². The highest BCUT2D eigenvalue weighted by atomic mass is 16.1. The Morgan fingerprint density at radius 3 is 2.64 bits per heavy atom. The average molecular weight is 186 g/mol. The van der Waals surface area contributed by atoms with Gasteiger partial charge >= 0.3 is 0 Å². The van der Waals surface area contributed by atoms with Crippen molar-refractivity contribution >= 4 is 5.78 Å². The van der Waals surface area contributed by atoms with E-state index >= 15 is 0 Å². The summed E-state index contributed by atoms with van der Waals surface area (Å²) in [6.07, 6.45) is 2.03. The second-order valence-corrected chi connectivity index (χ2v) is 3.05. The largest absolute Gasteiger partial charge is 0.294 e. The van der Waals surface area contributed by atoms with Gasteiger partial charge in [0.05, 0.1) is 6.42 Å². The number of nitrogens with one attached hydrogen (secondary N) is 1. The van der Waals surface area contributed by atoms with E-state index in [2.05, 4.69) is 10.2 Å². The average Bonchev–Trinajstić information content (AvgIpc) is 2.72. The van der Waals surface area contributed by atoms with E-state index in [0.29, 0.717) is 6.42 Å². The molecule has 0 spiro atoms. The van der Waals surface area contributed by atoms with Gasteiger partial charge in [0.1, 0.15) is 0 Å². The Morgan fingerprint density at radius 2 is 2.00 bits per heavy atom. The topological polar surface area (TPSA) is 45.8 Å². The van der Waals surface area contributed by atoms with Crippen LogP contribution in [0.2, 0.25) is 0 Å². The van der Waals surface area contributed by atoms with Crippen molar-refractivity contribution in [2.75, 3.05) is 0 Å². The Kier molecular flexibility index (Phi) is 2.40. The van der Waals surface area contributed by atoms with Gasteiger partial charge in [0.15, 0.2) is 5.78 Å². The Morgan fingerprint density at radius 1 is 1.21 bits per heavy atom. The van der Waals surface area contributed by atoms with Crippen LogP contribution >= 0.6 is 0 Å². The molecule has 1 N–H and O–H groups in total. The van der Waals surface area contributed by atoms with Crippen molar-refractivity contribution in [2.24, 2.45) is 0 Å². The maximum Gasteiger partial charge on any atom is 0.168 e. The molecule has 0 bridgehead atoms. The number of rotatable bonds is 3. The predicted octanol–water partition coefficient (Wildman–Crippen LogP) is 1.84. The van der Waals surface area contributed by atoms with Gasteiger partial charge in [0.25, 0.3) is 0 Å². The number of carbonyl (C=O) groups excluding carboxylic acids is 1. The predicted molar refractivity (Wildman–Crippen MR) is 53.1 cm³/mol. The highest BCUT2D eigenvalue weighted by molar-refractivity contribution is 5.97. The molecular formula is C11H10N2O. The summed E-state index contributed by atoms with van der Waals surface area (Å²) in [6, 6.07) is 11.1. The van der Waals surface area contributed by atoms with Crippen LogP contribution in [-0.2, 0) is 6.42 Å². The molecule has 0 atom stereocenters. The van der Waals surface area contributed by atoms with E-state index in [4.69, 9.17) is 0 Å². The molecule has 70 valence electrons. The highest BCUT2D eigenvalue weighted by Gasteiger charge is 2.06. The molecule has 0 aliphatic rings. The van der Waals surface area contributed by atoms with E-state index in [1.807, 2.05) is 30.3 Å². The van der Waals surface area contributed by atoms with E-state index in [-0.39, 0.29) is 5.78 Å². The third-order valence-corrected chi connectivity index (χ3v) is 2.01. The van der Waals surface area contributed by atoms with Crippen molar-refractivity contribution in [2.45, 2.75) is 6.42 Å². The fraction of sp³-hybridized carbons (Fsp3) is 0.0909. The monoisotopic (exact) mass is 186 g/mol. The van der Waals surface area contributed by atoms with E-state index in [9.17, 15) is 4.79 Å². The van der Waals surface area contributed by atoms with Gasteiger partial charge in [-0.3, -0.25) is 9.89 Å². The molecule has 3 nitrogen and oxygen atoms in total. The number of hydrogen-bond acceptors (Lipinski definition) is 2. The van der Waals surface area contributed by atoms with Crippen molar-refractivity contribution in [1.82, 2.24) is 10.2 Å². The summed E-state index contributed by atoms with van der Waals surface area (Å²) < 4.78 is 0. The molecule has 0 fully saturated rings. The van der Waals surface area contributed by atoms with E-state index in [1.54, 1.807) is 12.3 Å². The first-order valence-electron chi connectivity index (χ1n) is 4.43. The van der Waals surface area contributed by atoms with Crippen LogP contribution in [0.25, 0.3) is 0 Å². The van der Waals surface area contributed by atoms with Crippen molar-refractivity contribution in [3.8, 4) is 0 Å². The van der Waals surface area contributed by atoms with Crippen LogP contribution < -0.4 is 0 Å². The minimum atomic E-state index is 0.106. The zero-order valence-electron chi connectivity index (χ0n) is 7.60. The summed E-state index contributed by atoms with van der Waals surface area (Å²) in [6.45, 7) is 0. The molecule has 1 heterocycles. The normalized spacial score (nSPS) is 10.0. The van der Waals surface area contributed by atoms with Gasteiger partial charge in [0.2, 0.25) is 0 Å². The van der Waals surface area contributed by atoms with Crippen LogP contribution in [-0.4, -0.2) is 16.0 Å². The van der Waals surface area contributed by atoms with Gasteiger partial charge in [-0.2, -0.15) is 5.10 Å². The summed E-state index contributed by atoms with van der Waals surface area (Å²) in [7, 11) is 0. The summed E-state index contributed by atoms with van der Waals surface area (Å²) in [5, 5.41) is 6.56. The minimum absolute atomic E-state index is 0.106. The SMILES string of the molecule is O=C(Cc1ccn[nH]1)c1ccccc1. The lowest BCUT2D eigenvalue weighted by atomic mass is 10.1. The van der Waals surface area contributed by atoms with Crippen LogP contribution in [0.5, 0.6) is 0 Å². The first-order chi connectivity index (χ1) is 6.86. The third-order valence-electron chi connectivity index (χ3n) is 2.01. The van der Waals surface area contributed by atoms with Gasteiger partial charge in [-0.15, -0.1) is 0 Å². The Hall–Kier alpha value is -1.90. The smallest absolute Gasteiger partial charge is 0.168 e. The molecule has 0 saturated heterocycles. The molecule has 14 heavy (non-hydrogen) atoms. The number of aromatic nitrogens is 2. The lowest BCUT2D eigenvalue weighted by molar-refractivity contribution is 0.0992. The maximum absolute atomic E-state index is 11.7. The quantitative estimate of drug-likeness (QED) is 0.743. The van der Waals surface area contributed by atoms with Crippen LogP contribution in [0.4, 0.5) is 0 Å². The fourth-order valence-corrected chi connectivity index (χ4v) is 1.28. The zero-order chi connectivity index (χ0) is 9.80. The number of H-pyrrole nitrogens is 1. The van der Waals surface area contributed by atoms with Gasteiger partial charge < -0.3 is 0 Å². The Bertz CT molecular complexity index is 406. The van der Waals surface area contributed by atoms with E-state index < -0.39 is 0 Å². The highest BCUT2D eigenvalue weighted by Crippen LogP contribution is 2.04. The van der Waals surface area contributed by atoms with E-state index in [0.717, 1.165) is 11.3 Å². The number of aromatic amines is 1. The van der Waals surface area contributed by atoms with Crippen LogP contribution in [0, 0.1) is 0 Å². The van der Waals surface area contributed by atoms with Crippen LogP contribution in [0.1, 0.15) is 16.1 Å². The van der Waals surface area contributed by atoms with Gasteiger partial charge in [0, 0.05) is 17.5 Å².